The Kier molecular flexibility index (Phi) is 5.21. The summed E-state index contributed by atoms with van der Waals surface area (Å²) in [6, 6.07) is 14.7. The van der Waals surface area contributed by atoms with Gasteiger partial charge in [0.25, 0.3) is 5.91 Å². The van der Waals surface area contributed by atoms with E-state index in [2.05, 4.69) is 0 Å². The van der Waals surface area contributed by atoms with Crippen molar-refractivity contribution in [1.29, 1.82) is 0 Å². The van der Waals surface area contributed by atoms with Crippen LogP contribution in [0, 0.1) is 6.92 Å². The van der Waals surface area contributed by atoms with Crippen LogP contribution in [0.3, 0.4) is 0 Å². The van der Waals surface area contributed by atoms with Crippen molar-refractivity contribution < 1.29 is 23.5 Å². The number of hydrogen-bond donors (Lipinski definition) is 1. The van der Waals surface area contributed by atoms with Crippen LogP contribution >= 0.6 is 0 Å². The molecule has 1 heterocycles. The van der Waals surface area contributed by atoms with E-state index >= 15 is 0 Å². The van der Waals surface area contributed by atoms with Crippen LogP contribution in [0.4, 0.5) is 0 Å². The molecule has 2 aromatic carbocycles. The Labute approximate surface area is 154 Å². The van der Waals surface area contributed by atoms with E-state index in [9.17, 15) is 14.4 Å². The van der Waals surface area contributed by atoms with Gasteiger partial charge in [0, 0.05) is 23.1 Å². The minimum absolute atomic E-state index is 0.323. The number of esters is 1. The summed E-state index contributed by atoms with van der Waals surface area (Å²) < 4.78 is 15.6. The molecule has 7 nitrogen and oxygen atoms in total. The monoisotopic (exact) mass is 367 g/mol. The predicted octanol–water partition coefficient (Wildman–Crippen LogP) is 2.25. The summed E-state index contributed by atoms with van der Waals surface area (Å²) in [6.45, 7) is 1.36. The van der Waals surface area contributed by atoms with E-state index in [0.717, 1.165) is 10.9 Å². The van der Waals surface area contributed by atoms with Crippen molar-refractivity contribution in [2.24, 2.45) is 5.73 Å². The normalized spacial score (nSPS) is 11.7. The Balaban J connectivity index is 1.69. The van der Waals surface area contributed by atoms with Gasteiger partial charge in [-0.1, -0.05) is 30.3 Å². The van der Waals surface area contributed by atoms with Crippen LogP contribution in [0.25, 0.3) is 11.0 Å². The Hall–Kier alpha value is -3.61. The molecule has 0 saturated carbocycles. The maximum Gasteiger partial charge on any atom is 0.345 e. The number of rotatable bonds is 6. The summed E-state index contributed by atoms with van der Waals surface area (Å²) in [4.78, 5) is 35.1. The molecule has 1 aromatic heterocycles. The zero-order chi connectivity index (χ0) is 19.4. The molecular formula is C20H17NO6. The SMILES string of the molecule is Cc1cc(=O)oc2cc(OCC(=O)OC(C(N)=O)c3ccccc3)ccc12. The van der Waals surface area contributed by atoms with Crippen molar-refractivity contribution in [2.45, 2.75) is 13.0 Å². The van der Waals surface area contributed by atoms with Gasteiger partial charge in [-0.2, -0.15) is 0 Å². The molecule has 1 unspecified atom stereocenters. The first-order valence-electron chi connectivity index (χ1n) is 8.15. The molecule has 0 bridgehead atoms. The number of nitrogens with two attached hydrogens (primary N) is 1. The second-order valence-electron chi connectivity index (χ2n) is 5.88. The van der Waals surface area contributed by atoms with E-state index < -0.39 is 30.2 Å². The third kappa shape index (κ3) is 4.33. The fraction of sp³-hybridized carbons (Fsp3) is 0.150. The molecule has 0 aliphatic rings. The summed E-state index contributed by atoms with van der Waals surface area (Å²) in [5, 5.41) is 0.766. The zero-order valence-corrected chi connectivity index (χ0v) is 14.5. The highest BCUT2D eigenvalue weighted by Crippen LogP contribution is 2.22. The number of carbonyl (C=O) groups is 2. The average Bonchev–Trinajstić information content (AvgIpc) is 2.64. The van der Waals surface area contributed by atoms with Gasteiger partial charge in [-0.25, -0.2) is 9.59 Å². The highest BCUT2D eigenvalue weighted by molar-refractivity contribution is 5.84. The molecule has 3 aromatic rings. The Morgan fingerprint density at radius 3 is 2.56 bits per heavy atom. The van der Waals surface area contributed by atoms with Crippen molar-refractivity contribution in [3.8, 4) is 5.75 Å². The van der Waals surface area contributed by atoms with E-state index in [1.165, 1.54) is 12.1 Å². The average molecular weight is 367 g/mol. The lowest BCUT2D eigenvalue weighted by molar-refractivity contribution is -0.157. The third-order valence-corrected chi connectivity index (χ3v) is 3.89. The van der Waals surface area contributed by atoms with Crippen molar-refractivity contribution in [1.82, 2.24) is 0 Å². The Bertz CT molecular complexity index is 1040. The van der Waals surface area contributed by atoms with Crippen molar-refractivity contribution in [3.63, 3.8) is 0 Å². The molecule has 0 aliphatic carbocycles. The molecular weight excluding hydrogens is 350 g/mol. The lowest BCUT2D eigenvalue weighted by atomic mass is 10.1. The largest absolute Gasteiger partial charge is 0.482 e. The smallest absolute Gasteiger partial charge is 0.345 e. The van der Waals surface area contributed by atoms with Gasteiger partial charge in [0.2, 0.25) is 6.10 Å². The topological polar surface area (TPSA) is 109 Å². The molecule has 0 radical (unpaired) electrons. The van der Waals surface area contributed by atoms with E-state index in [1.54, 1.807) is 49.4 Å². The second-order valence-corrected chi connectivity index (χ2v) is 5.88. The second kappa shape index (κ2) is 7.74. The van der Waals surface area contributed by atoms with Crippen LogP contribution in [0.1, 0.15) is 17.2 Å². The first-order valence-corrected chi connectivity index (χ1v) is 8.15. The maximum atomic E-state index is 12.0. The van der Waals surface area contributed by atoms with Crippen LogP contribution in [0.15, 0.2) is 63.8 Å². The van der Waals surface area contributed by atoms with E-state index in [4.69, 9.17) is 19.6 Å². The molecule has 0 aliphatic heterocycles. The van der Waals surface area contributed by atoms with Crippen LogP contribution in [-0.2, 0) is 14.3 Å². The van der Waals surface area contributed by atoms with Gasteiger partial charge in [-0.05, 0) is 24.6 Å². The summed E-state index contributed by atoms with van der Waals surface area (Å²) in [5.74, 6) is -1.21. The van der Waals surface area contributed by atoms with E-state index in [0.29, 0.717) is 16.9 Å². The number of ether oxygens (including phenoxy) is 2. The summed E-state index contributed by atoms with van der Waals surface area (Å²) in [6.07, 6.45) is -1.19. The quantitative estimate of drug-likeness (QED) is 0.529. The zero-order valence-electron chi connectivity index (χ0n) is 14.5. The van der Waals surface area contributed by atoms with Gasteiger partial charge in [0.15, 0.2) is 6.61 Å². The van der Waals surface area contributed by atoms with Gasteiger partial charge < -0.3 is 19.6 Å². The van der Waals surface area contributed by atoms with Crippen LogP contribution in [0.2, 0.25) is 0 Å². The first-order chi connectivity index (χ1) is 12.9. The molecule has 1 atom stereocenters. The summed E-state index contributed by atoms with van der Waals surface area (Å²) >= 11 is 0. The van der Waals surface area contributed by atoms with Crippen LogP contribution in [0.5, 0.6) is 5.75 Å². The molecule has 7 heteroatoms. The van der Waals surface area contributed by atoms with Gasteiger partial charge in [-0.3, -0.25) is 4.79 Å². The minimum atomic E-state index is -1.19. The van der Waals surface area contributed by atoms with Crippen LogP contribution in [-0.4, -0.2) is 18.5 Å². The van der Waals surface area contributed by atoms with Gasteiger partial charge in [0.05, 0.1) is 0 Å². The lowest BCUT2D eigenvalue weighted by Gasteiger charge is -2.15. The summed E-state index contributed by atoms with van der Waals surface area (Å²) in [5.41, 5.74) is 6.45. The lowest BCUT2D eigenvalue weighted by Crippen LogP contribution is -2.28. The highest BCUT2D eigenvalue weighted by Gasteiger charge is 2.22. The fourth-order valence-corrected chi connectivity index (χ4v) is 2.62. The molecule has 2 N–H and O–H groups in total. The van der Waals surface area contributed by atoms with E-state index in [-0.39, 0.29) is 0 Å². The Morgan fingerprint density at radius 2 is 1.85 bits per heavy atom. The number of carbonyl (C=O) groups excluding carboxylic acids is 2. The molecule has 27 heavy (non-hydrogen) atoms. The maximum absolute atomic E-state index is 12.0. The van der Waals surface area contributed by atoms with Crippen molar-refractivity contribution >= 4 is 22.8 Å². The highest BCUT2D eigenvalue weighted by atomic mass is 16.6. The van der Waals surface area contributed by atoms with E-state index in [1.807, 2.05) is 0 Å². The van der Waals surface area contributed by atoms with Gasteiger partial charge in [-0.15, -0.1) is 0 Å². The number of amides is 1. The number of aryl methyl sites for hydroxylation is 1. The van der Waals surface area contributed by atoms with Crippen molar-refractivity contribution in [3.05, 3.63) is 76.1 Å². The number of hydrogen-bond acceptors (Lipinski definition) is 6. The molecule has 0 saturated heterocycles. The van der Waals surface area contributed by atoms with Crippen LogP contribution < -0.4 is 16.1 Å². The summed E-state index contributed by atoms with van der Waals surface area (Å²) in [7, 11) is 0. The molecule has 0 fully saturated rings. The predicted molar refractivity (Wildman–Crippen MR) is 97.2 cm³/mol. The minimum Gasteiger partial charge on any atom is -0.482 e. The molecule has 3 rings (SSSR count). The number of fused-ring (bicyclic) bond motifs is 1. The van der Waals surface area contributed by atoms with Crippen molar-refractivity contribution in [2.75, 3.05) is 6.61 Å². The van der Waals surface area contributed by atoms with Gasteiger partial charge in [0.1, 0.15) is 11.3 Å². The Morgan fingerprint density at radius 1 is 1.11 bits per heavy atom. The molecule has 0 spiro atoms. The number of primary amides is 1. The third-order valence-electron chi connectivity index (χ3n) is 3.89. The standard InChI is InChI=1S/C20H17NO6/c1-12-9-17(22)26-16-10-14(7-8-15(12)16)25-11-18(23)27-19(20(21)24)13-5-3-2-4-6-13/h2-10,19H,11H2,1H3,(H2,21,24). The van der Waals surface area contributed by atoms with Gasteiger partial charge >= 0.3 is 11.6 Å². The molecule has 1 amide bonds. The number of benzene rings is 2. The first kappa shape index (κ1) is 18.2. The fourth-order valence-electron chi connectivity index (χ4n) is 2.62. The molecule has 138 valence electrons.